The van der Waals surface area contributed by atoms with Gasteiger partial charge < -0.3 is 4.57 Å². The Hall–Kier alpha value is -3.62. The van der Waals surface area contributed by atoms with Crippen LogP contribution in [0, 0.1) is 0 Å². The predicted molar refractivity (Wildman–Crippen MR) is 124 cm³/mol. The van der Waals surface area contributed by atoms with Gasteiger partial charge in [0.05, 0.1) is 17.9 Å². The number of hydrogen-bond acceptors (Lipinski definition) is 6. The normalized spacial score (nSPS) is 11.0. The van der Waals surface area contributed by atoms with Crippen LogP contribution in [0.5, 0.6) is 0 Å². The third-order valence-electron chi connectivity index (χ3n) is 5.08. The SMILES string of the molecule is O=c1ccc(Cl)cn1-c1ccc(Cn2cncc2Cc2ccc(-c3csnn3)cc2)cn1. The molecule has 4 aromatic heterocycles. The molecule has 5 rings (SSSR count). The van der Waals surface area contributed by atoms with Crippen molar-refractivity contribution in [3.8, 4) is 17.1 Å². The molecule has 7 nitrogen and oxygen atoms in total. The molecule has 0 aliphatic rings. The molecule has 0 fully saturated rings. The van der Waals surface area contributed by atoms with Gasteiger partial charge in [0.15, 0.2) is 0 Å². The molecule has 0 N–H and O–H groups in total. The van der Waals surface area contributed by atoms with Crippen molar-refractivity contribution in [1.29, 1.82) is 0 Å². The van der Waals surface area contributed by atoms with Crippen molar-refractivity contribution in [1.82, 2.24) is 28.7 Å². The summed E-state index contributed by atoms with van der Waals surface area (Å²) < 4.78 is 7.44. The van der Waals surface area contributed by atoms with Crippen LogP contribution in [0.3, 0.4) is 0 Å². The molecule has 0 radical (unpaired) electrons. The number of halogens is 1. The van der Waals surface area contributed by atoms with Gasteiger partial charge in [0.1, 0.15) is 11.5 Å². The smallest absolute Gasteiger partial charge is 0.256 e. The molecule has 158 valence electrons. The van der Waals surface area contributed by atoms with E-state index < -0.39 is 0 Å². The Balaban J connectivity index is 1.31. The summed E-state index contributed by atoms with van der Waals surface area (Å²) in [7, 11) is 0. The number of rotatable bonds is 6. The highest BCUT2D eigenvalue weighted by atomic mass is 35.5. The van der Waals surface area contributed by atoms with Crippen LogP contribution in [0.25, 0.3) is 17.1 Å². The molecule has 32 heavy (non-hydrogen) atoms. The number of pyridine rings is 2. The van der Waals surface area contributed by atoms with E-state index in [1.807, 2.05) is 30.0 Å². The summed E-state index contributed by atoms with van der Waals surface area (Å²) in [6.07, 6.45) is 7.80. The van der Waals surface area contributed by atoms with Crippen molar-refractivity contribution in [3.05, 3.63) is 111 Å². The van der Waals surface area contributed by atoms with E-state index in [1.54, 1.807) is 18.5 Å². The van der Waals surface area contributed by atoms with Crippen LogP contribution < -0.4 is 5.56 Å². The van der Waals surface area contributed by atoms with E-state index in [-0.39, 0.29) is 5.56 Å². The fraction of sp³-hybridized carbons (Fsp3) is 0.0870. The number of imidazole rings is 1. The fourth-order valence-electron chi connectivity index (χ4n) is 3.42. The van der Waals surface area contributed by atoms with Crippen LogP contribution in [-0.2, 0) is 13.0 Å². The largest absolute Gasteiger partial charge is 0.330 e. The Kier molecular flexibility index (Phi) is 5.62. The lowest BCUT2D eigenvalue weighted by Crippen LogP contribution is -2.17. The summed E-state index contributed by atoms with van der Waals surface area (Å²) in [4.78, 5) is 20.8. The van der Waals surface area contributed by atoms with Crippen molar-refractivity contribution in [2.45, 2.75) is 13.0 Å². The number of nitrogens with zero attached hydrogens (tertiary/aromatic N) is 6. The van der Waals surface area contributed by atoms with Gasteiger partial charge in [-0.05, 0) is 34.8 Å². The van der Waals surface area contributed by atoms with Crippen molar-refractivity contribution in [2.75, 3.05) is 0 Å². The fourth-order valence-corrected chi connectivity index (χ4v) is 4.05. The maximum absolute atomic E-state index is 12.1. The number of benzene rings is 1. The molecule has 5 aromatic rings. The van der Waals surface area contributed by atoms with Crippen LogP contribution in [0.1, 0.15) is 16.8 Å². The van der Waals surface area contributed by atoms with Crippen LogP contribution >= 0.6 is 23.1 Å². The summed E-state index contributed by atoms with van der Waals surface area (Å²) in [5.41, 5.74) is 5.07. The molecule has 0 amide bonds. The first-order valence-electron chi connectivity index (χ1n) is 9.84. The van der Waals surface area contributed by atoms with Crippen LogP contribution in [-0.4, -0.2) is 28.7 Å². The van der Waals surface area contributed by atoms with E-state index in [4.69, 9.17) is 11.6 Å². The summed E-state index contributed by atoms with van der Waals surface area (Å²) in [6.45, 7) is 0.635. The van der Waals surface area contributed by atoms with Gasteiger partial charge >= 0.3 is 0 Å². The van der Waals surface area contributed by atoms with Gasteiger partial charge in [-0.3, -0.25) is 9.36 Å². The number of hydrogen-bond donors (Lipinski definition) is 0. The highest BCUT2D eigenvalue weighted by molar-refractivity contribution is 7.03. The molecule has 0 aliphatic carbocycles. The average Bonchev–Trinajstić information content (AvgIpc) is 3.50. The van der Waals surface area contributed by atoms with Crippen LogP contribution in [0.2, 0.25) is 5.02 Å². The second-order valence-corrected chi connectivity index (χ2v) is 8.30. The van der Waals surface area contributed by atoms with E-state index in [0.29, 0.717) is 17.4 Å². The minimum Gasteiger partial charge on any atom is -0.330 e. The average molecular weight is 461 g/mol. The lowest BCUT2D eigenvalue weighted by molar-refractivity contribution is 0.749. The van der Waals surface area contributed by atoms with Gasteiger partial charge in [0.25, 0.3) is 5.56 Å². The van der Waals surface area contributed by atoms with E-state index in [2.05, 4.69) is 48.4 Å². The Morgan fingerprint density at radius 1 is 0.969 bits per heavy atom. The molecule has 0 saturated carbocycles. The second kappa shape index (κ2) is 8.86. The van der Waals surface area contributed by atoms with Gasteiger partial charge in [-0.1, -0.05) is 46.4 Å². The Labute approximate surface area is 192 Å². The zero-order valence-corrected chi connectivity index (χ0v) is 18.4. The standard InChI is InChI=1S/C23H17ClN6OS/c24-19-6-8-23(31)30(13-19)22-7-3-17(10-26-22)12-29-15-25-11-20(29)9-16-1-4-18(5-2-16)21-14-32-28-27-21/h1-8,10-11,13-15H,9,12H2. The monoisotopic (exact) mass is 460 g/mol. The Morgan fingerprint density at radius 2 is 1.81 bits per heavy atom. The Morgan fingerprint density at radius 3 is 2.56 bits per heavy atom. The second-order valence-electron chi connectivity index (χ2n) is 7.26. The molecule has 0 unspecified atom stereocenters. The molecule has 0 atom stereocenters. The molecule has 0 saturated heterocycles. The zero-order chi connectivity index (χ0) is 21.9. The van der Waals surface area contributed by atoms with Crippen molar-refractivity contribution in [3.63, 3.8) is 0 Å². The predicted octanol–water partition coefficient (Wildman–Crippen LogP) is 4.24. The molecule has 9 heteroatoms. The molecule has 0 aliphatic heterocycles. The lowest BCUT2D eigenvalue weighted by atomic mass is 10.1. The summed E-state index contributed by atoms with van der Waals surface area (Å²) in [5.74, 6) is 0.530. The van der Waals surface area contributed by atoms with Gasteiger partial charge in [0.2, 0.25) is 0 Å². The first-order valence-corrected chi connectivity index (χ1v) is 11.1. The third-order valence-corrected chi connectivity index (χ3v) is 5.81. The minimum atomic E-state index is -0.177. The van der Waals surface area contributed by atoms with Crippen LogP contribution in [0.4, 0.5) is 0 Å². The van der Waals surface area contributed by atoms with E-state index in [9.17, 15) is 4.79 Å². The molecular formula is C23H17ClN6OS. The molecule has 0 bridgehead atoms. The maximum atomic E-state index is 12.1. The first-order chi connectivity index (χ1) is 15.7. The summed E-state index contributed by atoms with van der Waals surface area (Å²) in [5, 5.41) is 6.53. The first kappa shape index (κ1) is 20.3. The van der Waals surface area contributed by atoms with Crippen molar-refractivity contribution >= 4 is 23.1 Å². The van der Waals surface area contributed by atoms with Gasteiger partial charge in [-0.2, -0.15) is 0 Å². The number of aromatic nitrogens is 6. The van der Waals surface area contributed by atoms with E-state index in [0.717, 1.165) is 28.9 Å². The molecule has 4 heterocycles. The van der Waals surface area contributed by atoms with E-state index in [1.165, 1.54) is 27.7 Å². The maximum Gasteiger partial charge on any atom is 0.256 e. The van der Waals surface area contributed by atoms with Crippen molar-refractivity contribution in [2.24, 2.45) is 0 Å². The zero-order valence-electron chi connectivity index (χ0n) is 16.8. The van der Waals surface area contributed by atoms with Gasteiger partial charge in [-0.15, -0.1) is 5.10 Å². The van der Waals surface area contributed by atoms with Gasteiger partial charge in [0, 0.05) is 47.7 Å². The Bertz CT molecular complexity index is 1390. The van der Waals surface area contributed by atoms with Crippen molar-refractivity contribution < 1.29 is 0 Å². The molecule has 0 spiro atoms. The highest BCUT2D eigenvalue weighted by Gasteiger charge is 2.08. The topological polar surface area (TPSA) is 78.5 Å². The quantitative estimate of drug-likeness (QED) is 0.378. The van der Waals surface area contributed by atoms with Crippen LogP contribution in [0.15, 0.2) is 83.6 Å². The van der Waals surface area contributed by atoms with Gasteiger partial charge in [-0.25, -0.2) is 9.97 Å². The lowest BCUT2D eigenvalue weighted by Gasteiger charge is -2.10. The van der Waals surface area contributed by atoms with E-state index >= 15 is 0 Å². The minimum absolute atomic E-state index is 0.177. The summed E-state index contributed by atoms with van der Waals surface area (Å²) in [6, 6.07) is 15.1. The molecular weight excluding hydrogens is 444 g/mol. The third kappa shape index (κ3) is 4.37. The highest BCUT2D eigenvalue weighted by Crippen LogP contribution is 2.20. The summed E-state index contributed by atoms with van der Waals surface area (Å²) >= 11 is 7.35. The molecule has 1 aromatic carbocycles.